The average molecular weight is 526 g/mol. The molecule has 0 bridgehead atoms. The minimum absolute atomic E-state index is 0.0418. The van der Waals surface area contributed by atoms with Crippen molar-refractivity contribution >= 4 is 41.2 Å². The van der Waals surface area contributed by atoms with Crippen LogP contribution in [0.1, 0.15) is 23.8 Å². The van der Waals surface area contributed by atoms with Crippen LogP contribution in [-0.2, 0) is 22.7 Å². The van der Waals surface area contributed by atoms with Crippen LogP contribution in [0.5, 0.6) is 11.5 Å². The van der Waals surface area contributed by atoms with E-state index in [1.165, 1.54) is 30.5 Å². The molecule has 0 saturated carbocycles. The maximum atomic E-state index is 13.0. The normalized spacial score (nSPS) is 14.6. The van der Waals surface area contributed by atoms with Crippen molar-refractivity contribution < 1.29 is 33.2 Å². The van der Waals surface area contributed by atoms with Crippen LogP contribution in [-0.4, -0.2) is 34.3 Å². The predicted molar refractivity (Wildman–Crippen MR) is 131 cm³/mol. The SMILES string of the molecule is CCOc1cc(/C=C2\C(=O)NC(=O)N(Cc3ccco3)C2=O)cc(Cl)c1OCc1ccc([N+](=O)[O-])cc1. The van der Waals surface area contributed by atoms with Crippen LogP contribution in [0.2, 0.25) is 5.02 Å². The van der Waals surface area contributed by atoms with E-state index in [0.29, 0.717) is 16.9 Å². The Balaban J connectivity index is 1.59. The number of nitrogens with one attached hydrogen (secondary N) is 1. The lowest BCUT2D eigenvalue weighted by Gasteiger charge is -2.25. The van der Waals surface area contributed by atoms with Crippen LogP contribution < -0.4 is 14.8 Å². The summed E-state index contributed by atoms with van der Waals surface area (Å²) in [4.78, 5) is 48.9. The van der Waals surface area contributed by atoms with Crippen molar-refractivity contribution in [1.29, 1.82) is 0 Å². The standard InChI is InChI=1S/C25H20ClN3O8/c1-2-35-21-12-16(11-20(26)22(21)37-14-15-5-7-17(8-6-15)29(33)34)10-19-23(30)27-25(32)28(24(19)31)13-18-4-3-9-36-18/h3-12H,2,13-14H2,1H3,(H,27,30,32)/b19-10+. The minimum Gasteiger partial charge on any atom is -0.490 e. The largest absolute Gasteiger partial charge is 0.490 e. The molecule has 1 N–H and O–H groups in total. The van der Waals surface area contributed by atoms with Gasteiger partial charge in [0.05, 0.1) is 29.4 Å². The fraction of sp³-hybridized carbons (Fsp3) is 0.160. The summed E-state index contributed by atoms with van der Waals surface area (Å²) in [6.07, 6.45) is 2.71. The van der Waals surface area contributed by atoms with Gasteiger partial charge in [-0.25, -0.2) is 4.79 Å². The molecule has 0 spiro atoms. The molecule has 11 nitrogen and oxygen atoms in total. The Morgan fingerprint density at radius 1 is 1.14 bits per heavy atom. The van der Waals surface area contributed by atoms with Crippen molar-refractivity contribution in [2.75, 3.05) is 6.61 Å². The summed E-state index contributed by atoms with van der Waals surface area (Å²) in [5.41, 5.74) is 0.715. The van der Waals surface area contributed by atoms with Crippen LogP contribution in [0.3, 0.4) is 0 Å². The molecule has 37 heavy (non-hydrogen) atoms. The van der Waals surface area contributed by atoms with E-state index in [1.807, 2.05) is 0 Å². The first-order chi connectivity index (χ1) is 17.8. The molecule has 190 valence electrons. The number of carbonyl (C=O) groups is 3. The van der Waals surface area contributed by atoms with Gasteiger partial charge >= 0.3 is 6.03 Å². The third-order valence-corrected chi connectivity index (χ3v) is 5.53. The number of hydrogen-bond acceptors (Lipinski definition) is 8. The third kappa shape index (κ3) is 5.78. The molecule has 2 aromatic carbocycles. The number of ether oxygens (including phenoxy) is 2. The molecule has 2 heterocycles. The topological polar surface area (TPSA) is 141 Å². The first kappa shape index (κ1) is 25.5. The Morgan fingerprint density at radius 2 is 1.89 bits per heavy atom. The summed E-state index contributed by atoms with van der Waals surface area (Å²) in [6, 6.07) is 11.2. The van der Waals surface area contributed by atoms with Crippen LogP contribution in [0.25, 0.3) is 6.08 Å². The highest BCUT2D eigenvalue weighted by Gasteiger charge is 2.36. The number of non-ortho nitro benzene ring substituents is 1. The fourth-order valence-electron chi connectivity index (χ4n) is 3.51. The van der Waals surface area contributed by atoms with Crippen molar-refractivity contribution in [1.82, 2.24) is 10.2 Å². The summed E-state index contributed by atoms with van der Waals surface area (Å²) < 4.78 is 16.7. The summed E-state index contributed by atoms with van der Waals surface area (Å²) >= 11 is 6.45. The number of amides is 4. The van der Waals surface area contributed by atoms with E-state index in [-0.39, 0.29) is 47.5 Å². The van der Waals surface area contributed by atoms with Crippen molar-refractivity contribution in [2.45, 2.75) is 20.1 Å². The van der Waals surface area contributed by atoms with E-state index < -0.39 is 22.8 Å². The molecule has 4 rings (SSSR count). The molecule has 1 aliphatic rings. The van der Waals surface area contributed by atoms with E-state index in [9.17, 15) is 24.5 Å². The lowest BCUT2D eigenvalue weighted by atomic mass is 10.1. The summed E-state index contributed by atoms with van der Waals surface area (Å²) in [5.74, 6) is -0.793. The molecule has 12 heteroatoms. The quantitative estimate of drug-likeness (QED) is 0.186. The van der Waals surface area contributed by atoms with Gasteiger partial charge in [0, 0.05) is 12.1 Å². The Labute approximate surface area is 215 Å². The predicted octanol–water partition coefficient (Wildman–Crippen LogP) is 4.48. The first-order valence-electron chi connectivity index (χ1n) is 11.0. The first-order valence-corrected chi connectivity index (χ1v) is 11.4. The fourth-order valence-corrected chi connectivity index (χ4v) is 3.78. The lowest BCUT2D eigenvalue weighted by Crippen LogP contribution is -2.53. The number of nitro groups is 1. The maximum absolute atomic E-state index is 13.0. The van der Waals surface area contributed by atoms with Gasteiger partial charge in [-0.05, 0) is 60.5 Å². The minimum atomic E-state index is -0.855. The van der Waals surface area contributed by atoms with E-state index in [2.05, 4.69) is 5.32 Å². The van der Waals surface area contributed by atoms with Gasteiger partial charge in [0.25, 0.3) is 17.5 Å². The molecule has 0 atom stereocenters. The zero-order chi connectivity index (χ0) is 26.5. The molecular weight excluding hydrogens is 506 g/mol. The van der Waals surface area contributed by atoms with Gasteiger partial charge in [-0.1, -0.05) is 11.6 Å². The highest BCUT2D eigenvalue weighted by atomic mass is 35.5. The second kappa shape index (κ2) is 11.0. The van der Waals surface area contributed by atoms with Gasteiger partial charge in [-0.2, -0.15) is 0 Å². The zero-order valence-electron chi connectivity index (χ0n) is 19.4. The molecule has 0 unspecified atom stereocenters. The number of rotatable bonds is 9. The van der Waals surface area contributed by atoms with Gasteiger partial charge in [0.2, 0.25) is 0 Å². The third-order valence-electron chi connectivity index (χ3n) is 5.25. The number of benzene rings is 2. The number of furan rings is 1. The Hall–Kier alpha value is -4.64. The van der Waals surface area contributed by atoms with Crippen molar-refractivity contribution in [3.8, 4) is 11.5 Å². The number of nitro benzene ring substituents is 1. The number of carbonyl (C=O) groups excluding carboxylic acids is 3. The van der Waals surface area contributed by atoms with E-state index in [0.717, 1.165) is 4.90 Å². The molecule has 1 saturated heterocycles. The van der Waals surface area contributed by atoms with Crippen LogP contribution >= 0.6 is 11.6 Å². The summed E-state index contributed by atoms with van der Waals surface area (Å²) in [7, 11) is 0. The van der Waals surface area contributed by atoms with Crippen molar-refractivity contribution in [3.05, 3.63) is 92.4 Å². The maximum Gasteiger partial charge on any atom is 0.331 e. The van der Waals surface area contributed by atoms with Crippen molar-refractivity contribution in [3.63, 3.8) is 0 Å². The monoisotopic (exact) mass is 525 g/mol. The lowest BCUT2D eigenvalue weighted by molar-refractivity contribution is -0.384. The molecule has 1 aliphatic heterocycles. The molecular formula is C25H20ClN3O8. The second-order valence-electron chi connectivity index (χ2n) is 7.76. The smallest absolute Gasteiger partial charge is 0.331 e. The average Bonchev–Trinajstić information content (AvgIpc) is 3.38. The number of imide groups is 2. The number of halogens is 1. The summed E-state index contributed by atoms with van der Waals surface area (Å²) in [5, 5.41) is 13.1. The molecule has 1 aromatic heterocycles. The molecule has 3 aromatic rings. The van der Waals surface area contributed by atoms with Crippen molar-refractivity contribution in [2.24, 2.45) is 0 Å². The molecule has 0 aliphatic carbocycles. The Bertz CT molecular complexity index is 1380. The highest BCUT2D eigenvalue weighted by Crippen LogP contribution is 2.38. The van der Waals surface area contributed by atoms with E-state index >= 15 is 0 Å². The van der Waals surface area contributed by atoms with Gasteiger partial charge in [0.15, 0.2) is 11.5 Å². The Kier molecular flexibility index (Phi) is 7.54. The molecule has 1 fully saturated rings. The van der Waals surface area contributed by atoms with Gasteiger partial charge in [-0.3, -0.25) is 29.9 Å². The number of nitrogens with zero attached hydrogens (tertiary/aromatic N) is 2. The highest BCUT2D eigenvalue weighted by molar-refractivity contribution is 6.33. The van der Waals surface area contributed by atoms with E-state index in [4.69, 9.17) is 25.5 Å². The van der Waals surface area contributed by atoms with Crippen LogP contribution in [0.4, 0.5) is 10.5 Å². The number of hydrogen-bond donors (Lipinski definition) is 1. The molecule has 0 radical (unpaired) electrons. The van der Waals surface area contributed by atoms with Gasteiger partial charge in [-0.15, -0.1) is 0 Å². The van der Waals surface area contributed by atoms with Crippen LogP contribution in [0, 0.1) is 10.1 Å². The zero-order valence-corrected chi connectivity index (χ0v) is 20.2. The number of barbiturate groups is 1. The van der Waals surface area contributed by atoms with E-state index in [1.54, 1.807) is 37.3 Å². The second-order valence-corrected chi connectivity index (χ2v) is 8.17. The van der Waals surface area contributed by atoms with Gasteiger partial charge in [0.1, 0.15) is 17.9 Å². The number of urea groups is 1. The van der Waals surface area contributed by atoms with Crippen LogP contribution in [0.15, 0.2) is 64.8 Å². The van der Waals surface area contributed by atoms with Gasteiger partial charge < -0.3 is 13.9 Å². The Morgan fingerprint density at radius 3 is 2.54 bits per heavy atom. The molecule has 4 amide bonds. The summed E-state index contributed by atoms with van der Waals surface area (Å²) in [6.45, 7) is 1.94.